The first kappa shape index (κ1) is 18.9. The van der Waals surface area contributed by atoms with Crippen molar-refractivity contribution in [1.82, 2.24) is 5.32 Å². The minimum atomic E-state index is -0.266. The van der Waals surface area contributed by atoms with Gasteiger partial charge in [0.25, 0.3) is 5.91 Å². The van der Waals surface area contributed by atoms with Crippen molar-refractivity contribution in [3.63, 3.8) is 0 Å². The highest BCUT2D eigenvalue weighted by Gasteiger charge is 2.10. The number of ether oxygens (including phenoxy) is 1. The van der Waals surface area contributed by atoms with Crippen LogP contribution in [0.3, 0.4) is 0 Å². The molecule has 2 rings (SSSR count). The summed E-state index contributed by atoms with van der Waals surface area (Å²) in [5, 5.41) is 6.05. The van der Waals surface area contributed by atoms with Gasteiger partial charge in [0, 0.05) is 11.3 Å². The second-order valence-electron chi connectivity index (χ2n) is 6.46. The van der Waals surface area contributed by atoms with Gasteiger partial charge in [0.15, 0.2) is 5.11 Å². The largest absolute Gasteiger partial charge is 0.493 e. The van der Waals surface area contributed by atoms with Gasteiger partial charge in [0.2, 0.25) is 0 Å². The van der Waals surface area contributed by atoms with Crippen molar-refractivity contribution >= 4 is 28.9 Å². The number of benzene rings is 2. The van der Waals surface area contributed by atoms with Crippen LogP contribution in [0.4, 0.5) is 5.69 Å². The summed E-state index contributed by atoms with van der Waals surface area (Å²) in [5.74, 6) is 0.833. The third-order valence-electron chi connectivity index (χ3n) is 3.55. The number of thiocarbonyl (C=S) groups is 1. The fraction of sp³-hybridized carbons (Fsp3) is 0.300. The van der Waals surface area contributed by atoms with Crippen molar-refractivity contribution in [2.45, 2.75) is 27.7 Å². The van der Waals surface area contributed by atoms with Crippen molar-refractivity contribution in [2.75, 3.05) is 11.9 Å². The fourth-order valence-corrected chi connectivity index (χ4v) is 2.39. The average molecular weight is 356 g/mol. The number of hydrogen-bond acceptors (Lipinski definition) is 3. The van der Waals surface area contributed by atoms with Gasteiger partial charge < -0.3 is 10.1 Å². The Bertz CT molecular complexity index is 772. The normalized spacial score (nSPS) is 10.4. The number of carbonyl (C=O) groups excluding carboxylic acids is 1. The van der Waals surface area contributed by atoms with Gasteiger partial charge in [0.05, 0.1) is 6.61 Å². The van der Waals surface area contributed by atoms with Crippen LogP contribution in [0.25, 0.3) is 0 Å². The Morgan fingerprint density at radius 2 is 1.92 bits per heavy atom. The maximum absolute atomic E-state index is 12.4. The SMILES string of the molecule is Cc1ccc(C)c(NC(=S)NC(=O)c2cccc(OCC(C)C)c2)c1. The molecule has 0 heterocycles. The minimum Gasteiger partial charge on any atom is -0.493 e. The molecular weight excluding hydrogens is 332 g/mol. The number of aryl methyl sites for hydroxylation is 2. The molecule has 25 heavy (non-hydrogen) atoms. The Labute approximate surface area is 154 Å². The maximum atomic E-state index is 12.4. The molecule has 2 aromatic rings. The van der Waals surface area contributed by atoms with Crippen LogP contribution in [0.15, 0.2) is 42.5 Å². The van der Waals surface area contributed by atoms with E-state index >= 15 is 0 Å². The minimum absolute atomic E-state index is 0.266. The first-order chi connectivity index (χ1) is 11.8. The number of rotatable bonds is 5. The quantitative estimate of drug-likeness (QED) is 0.777. The molecule has 0 aliphatic heterocycles. The zero-order valence-corrected chi connectivity index (χ0v) is 15.9. The highest BCUT2D eigenvalue weighted by atomic mass is 32.1. The number of hydrogen-bond donors (Lipinski definition) is 2. The topological polar surface area (TPSA) is 50.4 Å². The summed E-state index contributed by atoms with van der Waals surface area (Å²) in [6.45, 7) is 8.76. The smallest absolute Gasteiger partial charge is 0.257 e. The summed E-state index contributed by atoms with van der Waals surface area (Å²) in [5.41, 5.74) is 3.58. The Hall–Kier alpha value is -2.40. The van der Waals surface area contributed by atoms with E-state index in [0.717, 1.165) is 16.8 Å². The highest BCUT2D eigenvalue weighted by molar-refractivity contribution is 7.80. The monoisotopic (exact) mass is 356 g/mol. The molecular formula is C20H24N2O2S. The van der Waals surface area contributed by atoms with E-state index in [-0.39, 0.29) is 11.0 Å². The summed E-state index contributed by atoms with van der Waals surface area (Å²) >= 11 is 5.26. The van der Waals surface area contributed by atoms with Gasteiger partial charge >= 0.3 is 0 Å². The third-order valence-corrected chi connectivity index (χ3v) is 3.75. The number of amides is 1. The van der Waals surface area contributed by atoms with E-state index in [1.54, 1.807) is 18.2 Å². The lowest BCUT2D eigenvalue weighted by atomic mass is 10.1. The van der Waals surface area contributed by atoms with Gasteiger partial charge in [0.1, 0.15) is 5.75 Å². The van der Waals surface area contributed by atoms with Crippen molar-refractivity contribution in [3.05, 3.63) is 59.2 Å². The number of carbonyl (C=O) groups is 1. The summed E-state index contributed by atoms with van der Waals surface area (Å²) in [7, 11) is 0. The number of anilines is 1. The van der Waals surface area contributed by atoms with Crippen LogP contribution >= 0.6 is 12.2 Å². The van der Waals surface area contributed by atoms with Crippen LogP contribution in [-0.2, 0) is 0 Å². The van der Waals surface area contributed by atoms with E-state index in [2.05, 4.69) is 24.5 Å². The molecule has 2 N–H and O–H groups in total. The number of nitrogens with one attached hydrogen (secondary N) is 2. The van der Waals surface area contributed by atoms with E-state index in [1.165, 1.54) is 0 Å². The van der Waals surface area contributed by atoms with Crippen LogP contribution in [0.5, 0.6) is 5.75 Å². The molecule has 0 spiro atoms. The zero-order chi connectivity index (χ0) is 18.4. The summed E-state index contributed by atoms with van der Waals surface area (Å²) < 4.78 is 5.66. The van der Waals surface area contributed by atoms with Crippen LogP contribution in [-0.4, -0.2) is 17.6 Å². The molecule has 132 valence electrons. The van der Waals surface area contributed by atoms with Gasteiger partial charge in [-0.3, -0.25) is 10.1 Å². The van der Waals surface area contributed by atoms with Crippen molar-refractivity contribution < 1.29 is 9.53 Å². The first-order valence-electron chi connectivity index (χ1n) is 8.27. The lowest BCUT2D eigenvalue weighted by Gasteiger charge is -2.13. The van der Waals surface area contributed by atoms with Crippen molar-refractivity contribution in [2.24, 2.45) is 5.92 Å². The second-order valence-corrected chi connectivity index (χ2v) is 6.87. The molecule has 4 nitrogen and oxygen atoms in total. The van der Waals surface area contributed by atoms with Crippen molar-refractivity contribution in [1.29, 1.82) is 0 Å². The molecule has 0 unspecified atom stereocenters. The van der Waals surface area contributed by atoms with Gasteiger partial charge in [-0.25, -0.2) is 0 Å². The summed E-state index contributed by atoms with van der Waals surface area (Å²) in [6.07, 6.45) is 0. The predicted octanol–water partition coefficient (Wildman–Crippen LogP) is 4.47. The van der Waals surface area contributed by atoms with Crippen LogP contribution < -0.4 is 15.4 Å². The lowest BCUT2D eigenvalue weighted by Crippen LogP contribution is -2.34. The van der Waals surface area contributed by atoms with Gasteiger partial charge in [-0.2, -0.15) is 0 Å². The van der Waals surface area contributed by atoms with E-state index in [9.17, 15) is 4.79 Å². The molecule has 0 saturated heterocycles. The van der Waals surface area contributed by atoms with Crippen molar-refractivity contribution in [3.8, 4) is 5.75 Å². The van der Waals surface area contributed by atoms with E-state index in [1.807, 2.05) is 38.1 Å². The third kappa shape index (κ3) is 5.87. The summed E-state index contributed by atoms with van der Waals surface area (Å²) in [4.78, 5) is 12.4. The Morgan fingerprint density at radius 3 is 2.64 bits per heavy atom. The molecule has 0 saturated carbocycles. The molecule has 0 aliphatic rings. The average Bonchev–Trinajstić information content (AvgIpc) is 2.56. The lowest BCUT2D eigenvalue weighted by molar-refractivity contribution is 0.0977. The molecule has 0 aromatic heterocycles. The van der Waals surface area contributed by atoms with Gasteiger partial charge in [-0.05, 0) is 67.4 Å². The maximum Gasteiger partial charge on any atom is 0.257 e. The standard InChI is InChI=1S/C20H24N2O2S/c1-13(2)12-24-17-7-5-6-16(11-17)19(23)22-20(25)21-18-10-14(3)8-9-15(18)4/h5-11,13H,12H2,1-4H3,(H2,21,22,23,25). The van der Waals surface area contributed by atoms with Gasteiger partial charge in [-0.15, -0.1) is 0 Å². The van der Waals surface area contributed by atoms with Crippen LogP contribution in [0, 0.1) is 19.8 Å². The first-order valence-corrected chi connectivity index (χ1v) is 8.68. The molecule has 0 fully saturated rings. The molecule has 1 amide bonds. The van der Waals surface area contributed by atoms with Crippen LogP contribution in [0.2, 0.25) is 0 Å². The summed E-state index contributed by atoms with van der Waals surface area (Å²) in [6, 6.07) is 13.1. The molecule has 2 aromatic carbocycles. The molecule has 0 radical (unpaired) electrons. The molecule has 0 aliphatic carbocycles. The highest BCUT2D eigenvalue weighted by Crippen LogP contribution is 2.17. The van der Waals surface area contributed by atoms with Crippen LogP contribution in [0.1, 0.15) is 35.3 Å². The van der Waals surface area contributed by atoms with Gasteiger partial charge in [-0.1, -0.05) is 32.0 Å². The zero-order valence-electron chi connectivity index (χ0n) is 15.1. The van der Waals surface area contributed by atoms with E-state index in [0.29, 0.717) is 23.8 Å². The molecule has 5 heteroatoms. The molecule has 0 atom stereocenters. The van der Waals surface area contributed by atoms with E-state index in [4.69, 9.17) is 17.0 Å². The second kappa shape index (κ2) is 8.62. The van der Waals surface area contributed by atoms with E-state index < -0.39 is 0 Å². The Kier molecular flexibility index (Phi) is 6.53. The molecule has 0 bridgehead atoms. The Balaban J connectivity index is 2.00. The fourth-order valence-electron chi connectivity index (χ4n) is 2.19. The predicted molar refractivity (Wildman–Crippen MR) is 106 cm³/mol. The Morgan fingerprint density at radius 1 is 1.16 bits per heavy atom.